The summed E-state index contributed by atoms with van der Waals surface area (Å²) in [5, 5.41) is 9.41. The smallest absolute Gasteiger partial charge is 0.335 e. The highest BCUT2D eigenvalue weighted by molar-refractivity contribution is 6.25. The molecule has 3 aromatic carbocycles. The number of fused-ring (bicyclic) bond motifs is 1. The average Bonchev–Trinajstić information content (AvgIpc) is 3.15. The van der Waals surface area contributed by atoms with Crippen molar-refractivity contribution in [3.8, 4) is 0 Å². The molecule has 0 aromatic heterocycles. The van der Waals surface area contributed by atoms with Crippen molar-refractivity contribution < 1.29 is 19.5 Å². The fraction of sp³-hybridized carbons (Fsp3) is 0.241. The highest BCUT2D eigenvalue weighted by Crippen LogP contribution is 2.40. The fourth-order valence-corrected chi connectivity index (χ4v) is 4.32. The van der Waals surface area contributed by atoms with E-state index in [1.807, 2.05) is 49.3 Å². The summed E-state index contributed by atoms with van der Waals surface area (Å²) >= 11 is 0. The lowest BCUT2D eigenvalue weighted by Gasteiger charge is -2.19. The molecule has 1 atom stereocenters. The molecule has 1 aliphatic heterocycles. The number of benzene rings is 3. The first-order valence-corrected chi connectivity index (χ1v) is 12.0. The van der Waals surface area contributed by atoms with Crippen LogP contribution in [-0.2, 0) is 4.79 Å². The normalized spacial score (nSPS) is 15.2. The number of likely N-dealkylation sites (N-methyl/N-ethyl adjacent to an activating group) is 3. The van der Waals surface area contributed by atoms with E-state index >= 15 is 0 Å². The molecule has 0 radical (unpaired) electrons. The van der Waals surface area contributed by atoms with Crippen LogP contribution in [0.2, 0.25) is 0 Å². The van der Waals surface area contributed by atoms with Crippen LogP contribution in [0.5, 0.6) is 0 Å². The largest absolute Gasteiger partial charge is 0.478 e. The van der Waals surface area contributed by atoms with Crippen LogP contribution in [0, 0.1) is 0 Å². The number of hydrogen-bond acceptors (Lipinski definition) is 5. The van der Waals surface area contributed by atoms with Gasteiger partial charge in [-0.1, -0.05) is 36.4 Å². The standard InChI is InChI=1S/C29H30N4O4/c1-31(2)16-17-32(3)27(34)20-10-13-22(14-11-20)30-26(19-8-6-5-7-9-19)25-23-15-12-21(29(36)37)18-24(23)33(4)28(25)35/h5-15,18,25H,16-17H2,1-4H3,(H,36,37). The van der Waals surface area contributed by atoms with E-state index in [0.29, 0.717) is 34.8 Å². The second-order valence-corrected chi connectivity index (χ2v) is 9.35. The van der Waals surface area contributed by atoms with Gasteiger partial charge >= 0.3 is 5.97 Å². The third kappa shape index (κ3) is 5.44. The highest BCUT2D eigenvalue weighted by atomic mass is 16.4. The first-order valence-electron chi connectivity index (χ1n) is 12.0. The van der Waals surface area contributed by atoms with E-state index in [-0.39, 0.29) is 17.4 Å². The van der Waals surface area contributed by atoms with Crippen LogP contribution in [0.4, 0.5) is 11.4 Å². The van der Waals surface area contributed by atoms with E-state index in [9.17, 15) is 19.5 Å². The molecule has 8 heteroatoms. The summed E-state index contributed by atoms with van der Waals surface area (Å²) in [6.07, 6.45) is 0. The molecule has 0 saturated heterocycles. The van der Waals surface area contributed by atoms with Gasteiger partial charge in [0.05, 0.1) is 17.0 Å². The number of carboxylic acids is 1. The molecule has 0 saturated carbocycles. The molecule has 1 N–H and O–H groups in total. The van der Waals surface area contributed by atoms with Crippen molar-refractivity contribution >= 4 is 34.9 Å². The van der Waals surface area contributed by atoms with Crippen LogP contribution in [0.15, 0.2) is 77.8 Å². The second kappa shape index (κ2) is 10.8. The van der Waals surface area contributed by atoms with Gasteiger partial charge in [0.2, 0.25) is 5.91 Å². The molecule has 1 heterocycles. The highest BCUT2D eigenvalue weighted by Gasteiger charge is 2.39. The number of aromatic carboxylic acids is 1. The lowest BCUT2D eigenvalue weighted by Crippen LogP contribution is -2.33. The van der Waals surface area contributed by atoms with Gasteiger partial charge in [0.15, 0.2) is 0 Å². The number of hydrogen-bond donors (Lipinski definition) is 1. The lowest BCUT2D eigenvalue weighted by molar-refractivity contribution is -0.117. The van der Waals surface area contributed by atoms with E-state index in [1.165, 1.54) is 17.0 Å². The number of carboxylic acid groups (broad SMARTS) is 1. The van der Waals surface area contributed by atoms with E-state index in [1.54, 1.807) is 49.3 Å². The van der Waals surface area contributed by atoms with Crippen molar-refractivity contribution in [1.29, 1.82) is 0 Å². The van der Waals surface area contributed by atoms with Crippen LogP contribution in [0.3, 0.4) is 0 Å². The molecule has 1 unspecified atom stereocenters. The minimum absolute atomic E-state index is 0.0728. The number of rotatable bonds is 8. The Kier molecular flexibility index (Phi) is 7.50. The monoisotopic (exact) mass is 498 g/mol. The topological polar surface area (TPSA) is 93.5 Å². The minimum atomic E-state index is -1.05. The molecule has 4 rings (SSSR count). The Labute approximate surface area is 216 Å². The number of carbonyl (C=O) groups is 3. The maximum atomic E-state index is 13.4. The second-order valence-electron chi connectivity index (χ2n) is 9.35. The van der Waals surface area contributed by atoms with E-state index in [4.69, 9.17) is 4.99 Å². The molecular formula is C29H30N4O4. The zero-order valence-corrected chi connectivity index (χ0v) is 21.4. The quantitative estimate of drug-likeness (QED) is 0.476. The summed E-state index contributed by atoms with van der Waals surface area (Å²) in [4.78, 5) is 47.8. The van der Waals surface area contributed by atoms with Gasteiger partial charge in [-0.25, -0.2) is 4.79 Å². The molecule has 190 valence electrons. The van der Waals surface area contributed by atoms with Crippen LogP contribution in [-0.4, -0.2) is 79.7 Å². The molecule has 37 heavy (non-hydrogen) atoms. The minimum Gasteiger partial charge on any atom is -0.478 e. The van der Waals surface area contributed by atoms with Gasteiger partial charge in [-0.2, -0.15) is 0 Å². The van der Waals surface area contributed by atoms with Crippen molar-refractivity contribution in [3.63, 3.8) is 0 Å². The van der Waals surface area contributed by atoms with Gasteiger partial charge in [-0.15, -0.1) is 0 Å². The Balaban J connectivity index is 1.71. The number of amides is 2. The number of anilines is 1. The first-order chi connectivity index (χ1) is 17.7. The summed E-state index contributed by atoms with van der Waals surface area (Å²) in [5.74, 6) is -2.00. The summed E-state index contributed by atoms with van der Waals surface area (Å²) in [5.41, 5.74) is 3.89. The molecule has 0 fully saturated rings. The van der Waals surface area contributed by atoms with Crippen LogP contribution in [0.25, 0.3) is 0 Å². The first kappa shape index (κ1) is 25.8. The van der Waals surface area contributed by atoms with Gasteiger partial charge in [0, 0.05) is 38.4 Å². The van der Waals surface area contributed by atoms with Gasteiger partial charge in [-0.3, -0.25) is 14.6 Å². The van der Waals surface area contributed by atoms with Crippen molar-refractivity contribution in [2.24, 2.45) is 4.99 Å². The summed E-state index contributed by atoms with van der Waals surface area (Å²) in [6.45, 7) is 1.38. The summed E-state index contributed by atoms with van der Waals surface area (Å²) in [6, 6.07) is 21.2. The maximum absolute atomic E-state index is 13.4. The van der Waals surface area contributed by atoms with Gasteiger partial charge in [0.1, 0.15) is 5.92 Å². The average molecular weight is 499 g/mol. The molecule has 8 nitrogen and oxygen atoms in total. The van der Waals surface area contributed by atoms with Crippen LogP contribution in [0.1, 0.15) is 37.8 Å². The number of carbonyl (C=O) groups excluding carboxylic acids is 2. The van der Waals surface area contributed by atoms with Gasteiger partial charge in [0.25, 0.3) is 5.91 Å². The number of aliphatic imine (C=N–C) groups is 1. The third-order valence-corrected chi connectivity index (χ3v) is 6.46. The third-order valence-electron chi connectivity index (χ3n) is 6.46. The zero-order chi connectivity index (χ0) is 26.7. The predicted octanol–water partition coefficient (Wildman–Crippen LogP) is 3.90. The van der Waals surface area contributed by atoms with Crippen molar-refractivity contribution in [2.45, 2.75) is 5.92 Å². The van der Waals surface area contributed by atoms with E-state index in [0.717, 1.165) is 12.1 Å². The van der Waals surface area contributed by atoms with Crippen LogP contribution >= 0.6 is 0 Å². The molecule has 0 spiro atoms. The van der Waals surface area contributed by atoms with Gasteiger partial charge < -0.3 is 19.8 Å². The van der Waals surface area contributed by atoms with Crippen molar-refractivity contribution in [1.82, 2.24) is 9.80 Å². The lowest BCUT2D eigenvalue weighted by atomic mass is 9.90. The molecule has 0 aliphatic carbocycles. The predicted molar refractivity (Wildman–Crippen MR) is 144 cm³/mol. The Hall–Kier alpha value is -4.30. The van der Waals surface area contributed by atoms with Crippen LogP contribution < -0.4 is 4.90 Å². The Bertz CT molecular complexity index is 1350. The maximum Gasteiger partial charge on any atom is 0.335 e. The molecule has 2 amide bonds. The molecule has 0 bridgehead atoms. The zero-order valence-electron chi connectivity index (χ0n) is 21.4. The van der Waals surface area contributed by atoms with Crippen molar-refractivity contribution in [2.75, 3.05) is 46.2 Å². The van der Waals surface area contributed by atoms with Gasteiger partial charge in [-0.05, 0) is 61.6 Å². The SMILES string of the molecule is CN(C)CCN(C)C(=O)c1ccc(N=C(c2ccccc2)C2C(=O)N(C)c3cc(C(=O)O)ccc32)cc1. The Morgan fingerprint density at radius 1 is 0.892 bits per heavy atom. The Morgan fingerprint density at radius 2 is 1.54 bits per heavy atom. The molecular weight excluding hydrogens is 468 g/mol. The molecule has 1 aliphatic rings. The van der Waals surface area contributed by atoms with Crippen molar-refractivity contribution in [3.05, 3.63) is 95.1 Å². The summed E-state index contributed by atoms with van der Waals surface area (Å²) in [7, 11) is 7.35. The van der Waals surface area contributed by atoms with E-state index in [2.05, 4.69) is 0 Å². The summed E-state index contributed by atoms with van der Waals surface area (Å²) < 4.78 is 0. The Morgan fingerprint density at radius 3 is 2.16 bits per heavy atom. The fourth-order valence-electron chi connectivity index (χ4n) is 4.32. The molecule has 3 aromatic rings. The number of nitrogens with zero attached hydrogens (tertiary/aromatic N) is 4. The van der Waals surface area contributed by atoms with E-state index < -0.39 is 11.9 Å².